The fourth-order valence-electron chi connectivity index (χ4n) is 3.97. The summed E-state index contributed by atoms with van der Waals surface area (Å²) in [5.41, 5.74) is 9.92. The summed E-state index contributed by atoms with van der Waals surface area (Å²) >= 11 is 0. The molecule has 0 fully saturated rings. The van der Waals surface area contributed by atoms with Crippen molar-refractivity contribution >= 4 is 0 Å². The van der Waals surface area contributed by atoms with E-state index >= 15 is 0 Å². The van der Waals surface area contributed by atoms with Gasteiger partial charge in [-0.2, -0.15) is 0 Å². The lowest BCUT2D eigenvalue weighted by atomic mass is 9.79. The lowest BCUT2D eigenvalue weighted by molar-refractivity contribution is -0.00903. The summed E-state index contributed by atoms with van der Waals surface area (Å²) in [5, 5.41) is 15.0. The van der Waals surface area contributed by atoms with Crippen molar-refractivity contribution in [2.45, 2.75) is 30.5 Å². The zero-order valence-corrected chi connectivity index (χ0v) is 11.9. The zero-order valence-electron chi connectivity index (χ0n) is 11.9. The largest absolute Gasteiger partial charge is 0.383 e. The molecule has 3 heteroatoms. The van der Waals surface area contributed by atoms with Gasteiger partial charge in [-0.15, -0.1) is 0 Å². The van der Waals surface area contributed by atoms with E-state index in [1.54, 1.807) is 0 Å². The van der Waals surface area contributed by atoms with Crippen LogP contribution < -0.4 is 11.1 Å². The third-order valence-corrected chi connectivity index (χ3v) is 4.94. The van der Waals surface area contributed by atoms with Gasteiger partial charge in [0.15, 0.2) is 0 Å². The molecule has 4 rings (SSSR count). The molecule has 2 aromatic carbocycles. The van der Waals surface area contributed by atoms with Crippen molar-refractivity contribution in [2.24, 2.45) is 5.73 Å². The molecule has 0 bridgehead atoms. The molecule has 0 spiro atoms. The second kappa shape index (κ2) is 4.67. The van der Waals surface area contributed by atoms with E-state index in [9.17, 15) is 5.11 Å². The van der Waals surface area contributed by atoms with Gasteiger partial charge >= 0.3 is 0 Å². The molecule has 3 nitrogen and oxygen atoms in total. The Bertz CT molecular complexity index is 684. The average molecular weight is 280 g/mol. The summed E-state index contributed by atoms with van der Waals surface area (Å²) in [6.45, 7) is 0.890. The lowest BCUT2D eigenvalue weighted by Crippen LogP contribution is -2.44. The first-order valence-corrected chi connectivity index (χ1v) is 7.59. The summed E-state index contributed by atoms with van der Waals surface area (Å²) in [6, 6.07) is 16.2. The van der Waals surface area contributed by atoms with Crippen molar-refractivity contribution in [1.29, 1.82) is 0 Å². The van der Waals surface area contributed by atoms with Crippen LogP contribution in [0.1, 0.15) is 40.8 Å². The number of nitrogens with one attached hydrogen (secondary N) is 1. The lowest BCUT2D eigenvalue weighted by Gasteiger charge is -2.38. The van der Waals surface area contributed by atoms with Crippen LogP contribution in [0.5, 0.6) is 0 Å². The predicted molar refractivity (Wildman–Crippen MR) is 82.8 cm³/mol. The van der Waals surface area contributed by atoms with Gasteiger partial charge in [-0.1, -0.05) is 48.5 Å². The van der Waals surface area contributed by atoms with Crippen molar-refractivity contribution in [3.8, 4) is 0 Å². The van der Waals surface area contributed by atoms with E-state index in [1.165, 1.54) is 11.1 Å². The van der Waals surface area contributed by atoms with Crippen LogP contribution in [-0.4, -0.2) is 11.7 Å². The van der Waals surface area contributed by atoms with Gasteiger partial charge in [0.1, 0.15) is 5.60 Å². The normalized spacial score (nSPS) is 30.8. The molecule has 0 aromatic heterocycles. The Labute approximate surface area is 124 Å². The average Bonchev–Trinajstić information content (AvgIpc) is 2.80. The Kier molecular flexibility index (Phi) is 2.89. The summed E-state index contributed by atoms with van der Waals surface area (Å²) < 4.78 is 0. The maximum Gasteiger partial charge on any atom is 0.111 e. The molecule has 108 valence electrons. The summed E-state index contributed by atoms with van der Waals surface area (Å²) in [7, 11) is 0. The monoisotopic (exact) mass is 280 g/mol. The van der Waals surface area contributed by atoms with E-state index in [0.29, 0.717) is 6.42 Å². The Balaban J connectivity index is 1.85. The topological polar surface area (TPSA) is 58.3 Å². The van der Waals surface area contributed by atoms with Gasteiger partial charge in [-0.3, -0.25) is 0 Å². The molecule has 2 aliphatic rings. The van der Waals surface area contributed by atoms with Crippen LogP contribution >= 0.6 is 0 Å². The number of rotatable bonds is 1. The molecule has 1 aliphatic carbocycles. The maximum absolute atomic E-state index is 11.4. The van der Waals surface area contributed by atoms with Crippen molar-refractivity contribution in [2.75, 3.05) is 6.54 Å². The van der Waals surface area contributed by atoms with Gasteiger partial charge in [0, 0.05) is 12.5 Å². The fraction of sp³-hybridized carbons (Fsp3) is 0.333. The number of aliphatic hydroxyl groups is 1. The molecule has 0 saturated heterocycles. The standard InChI is InChI=1S/C18H20N2O/c19-16-11-18(21,15-8-4-3-7-14(15)16)17-13-6-2-1-5-12(13)9-10-20-17/h1-8,16-17,20-21H,9-11,19H2. The van der Waals surface area contributed by atoms with Crippen LogP contribution in [0.15, 0.2) is 48.5 Å². The summed E-state index contributed by atoms with van der Waals surface area (Å²) in [4.78, 5) is 0. The number of hydrogen-bond acceptors (Lipinski definition) is 3. The summed E-state index contributed by atoms with van der Waals surface area (Å²) in [6.07, 6.45) is 1.58. The Morgan fingerprint density at radius 2 is 1.76 bits per heavy atom. The highest BCUT2D eigenvalue weighted by Crippen LogP contribution is 2.50. The number of nitrogens with two attached hydrogens (primary N) is 1. The maximum atomic E-state index is 11.4. The van der Waals surface area contributed by atoms with Crippen LogP contribution in [0.4, 0.5) is 0 Å². The van der Waals surface area contributed by atoms with E-state index in [-0.39, 0.29) is 12.1 Å². The van der Waals surface area contributed by atoms with Gasteiger partial charge in [-0.25, -0.2) is 0 Å². The molecular formula is C18H20N2O. The molecule has 2 aromatic rings. The highest BCUT2D eigenvalue weighted by molar-refractivity contribution is 5.45. The second-order valence-corrected chi connectivity index (χ2v) is 6.16. The SMILES string of the molecule is NC1CC(O)(C2NCCc3ccccc32)c2ccccc21. The summed E-state index contributed by atoms with van der Waals surface area (Å²) in [5.74, 6) is 0. The molecule has 3 atom stereocenters. The molecule has 0 amide bonds. The quantitative estimate of drug-likeness (QED) is 0.750. The second-order valence-electron chi connectivity index (χ2n) is 6.16. The minimum absolute atomic E-state index is 0.0860. The predicted octanol–water partition coefficient (Wildman–Crippen LogP) is 2.16. The van der Waals surface area contributed by atoms with Gasteiger partial charge in [-0.05, 0) is 35.2 Å². The smallest absolute Gasteiger partial charge is 0.111 e. The molecular weight excluding hydrogens is 260 g/mol. The number of fused-ring (bicyclic) bond motifs is 2. The van der Waals surface area contributed by atoms with Crippen molar-refractivity contribution in [3.63, 3.8) is 0 Å². The molecule has 3 unspecified atom stereocenters. The molecule has 0 radical (unpaired) electrons. The molecule has 4 N–H and O–H groups in total. The Morgan fingerprint density at radius 3 is 2.62 bits per heavy atom. The molecule has 0 saturated carbocycles. The van der Waals surface area contributed by atoms with Crippen LogP contribution in [0.25, 0.3) is 0 Å². The van der Waals surface area contributed by atoms with Crippen LogP contribution in [0.3, 0.4) is 0 Å². The highest BCUT2D eigenvalue weighted by Gasteiger charge is 2.48. The third-order valence-electron chi connectivity index (χ3n) is 4.94. The molecule has 1 heterocycles. The zero-order chi connectivity index (χ0) is 14.4. The Morgan fingerprint density at radius 1 is 1.05 bits per heavy atom. The number of benzene rings is 2. The highest BCUT2D eigenvalue weighted by atomic mass is 16.3. The minimum Gasteiger partial charge on any atom is -0.383 e. The molecule has 21 heavy (non-hydrogen) atoms. The van der Waals surface area contributed by atoms with Crippen LogP contribution in [0, 0.1) is 0 Å². The first kappa shape index (κ1) is 13.0. The van der Waals surface area contributed by atoms with E-state index in [2.05, 4.69) is 23.5 Å². The molecule has 1 aliphatic heterocycles. The van der Waals surface area contributed by atoms with Gasteiger partial charge < -0.3 is 16.2 Å². The van der Waals surface area contributed by atoms with Gasteiger partial charge in [0.05, 0.1) is 6.04 Å². The first-order valence-electron chi connectivity index (χ1n) is 7.59. The third kappa shape index (κ3) is 1.85. The number of hydrogen-bond donors (Lipinski definition) is 3. The first-order chi connectivity index (χ1) is 10.2. The van der Waals surface area contributed by atoms with Crippen LogP contribution in [0.2, 0.25) is 0 Å². The van der Waals surface area contributed by atoms with Crippen molar-refractivity contribution in [3.05, 3.63) is 70.8 Å². The van der Waals surface area contributed by atoms with E-state index < -0.39 is 5.60 Å². The van der Waals surface area contributed by atoms with E-state index in [1.807, 2.05) is 30.3 Å². The van der Waals surface area contributed by atoms with Crippen LogP contribution in [-0.2, 0) is 12.0 Å². The Hall–Kier alpha value is -1.68. The minimum atomic E-state index is -0.924. The van der Waals surface area contributed by atoms with Gasteiger partial charge in [0.2, 0.25) is 0 Å². The van der Waals surface area contributed by atoms with Gasteiger partial charge in [0.25, 0.3) is 0 Å². The fourth-order valence-corrected chi connectivity index (χ4v) is 3.97. The van der Waals surface area contributed by atoms with E-state index in [0.717, 1.165) is 24.1 Å². The van der Waals surface area contributed by atoms with Crippen molar-refractivity contribution in [1.82, 2.24) is 5.32 Å². The van der Waals surface area contributed by atoms with Crippen molar-refractivity contribution < 1.29 is 5.11 Å². The van der Waals surface area contributed by atoms with E-state index in [4.69, 9.17) is 5.73 Å².